The van der Waals surface area contributed by atoms with Gasteiger partial charge in [-0.1, -0.05) is 6.58 Å². The Morgan fingerprint density at radius 3 is 1.62 bits per heavy atom. The zero-order chi connectivity index (χ0) is 38.3. The molecule has 20 heteroatoms. The van der Waals surface area contributed by atoms with Crippen molar-refractivity contribution in [3.8, 4) is 0 Å². The summed E-state index contributed by atoms with van der Waals surface area (Å²) in [6, 6.07) is 16.4. The Hall–Kier alpha value is -3.14. The fourth-order valence-electron chi connectivity index (χ4n) is 3.96. The number of sulfone groups is 4. The van der Waals surface area contributed by atoms with E-state index < -0.39 is 51.0 Å². The van der Waals surface area contributed by atoms with Gasteiger partial charge in [-0.3, -0.25) is 0 Å². The van der Waals surface area contributed by atoms with Crippen molar-refractivity contribution in [1.82, 2.24) is 5.32 Å². The van der Waals surface area contributed by atoms with E-state index in [0.29, 0.717) is 4.88 Å². The van der Waals surface area contributed by atoms with Crippen LogP contribution in [-0.4, -0.2) is 64.8 Å². The van der Waals surface area contributed by atoms with Crippen LogP contribution in [0.4, 0.5) is 4.79 Å². The predicted molar refractivity (Wildman–Crippen MR) is 202 cm³/mol. The molecule has 0 fully saturated rings. The number of carbonyl (C=O) groups excluding carboxylic acids is 1. The smallest absolute Gasteiger partial charge is 0.407 e. The molecule has 4 rings (SSSR count). The molecule has 3 N–H and O–H groups in total. The fraction of sp³-hybridized carbons (Fsp3) is 0.281. The molecule has 0 aliphatic rings. The molecular formula is C32H39ClN2O11S6. The van der Waals surface area contributed by atoms with Crippen LogP contribution in [0.25, 0.3) is 0 Å². The van der Waals surface area contributed by atoms with Crippen molar-refractivity contribution in [3.05, 3.63) is 94.5 Å². The van der Waals surface area contributed by atoms with Gasteiger partial charge in [0.1, 0.15) is 14.0 Å². The molecule has 0 bridgehead atoms. The molecule has 2 heterocycles. The highest BCUT2D eigenvalue weighted by Crippen LogP contribution is 2.30. The highest BCUT2D eigenvalue weighted by atomic mass is 35.5. The van der Waals surface area contributed by atoms with Gasteiger partial charge in [-0.2, -0.15) is 0 Å². The van der Waals surface area contributed by atoms with Crippen molar-refractivity contribution in [2.45, 2.75) is 67.5 Å². The zero-order valence-electron chi connectivity index (χ0n) is 28.5. The molecule has 2 aromatic heterocycles. The third kappa shape index (κ3) is 11.9. The number of ether oxygens (including phenoxy) is 2. The van der Waals surface area contributed by atoms with E-state index in [1.54, 1.807) is 32.9 Å². The minimum absolute atomic E-state index is 0. The quantitative estimate of drug-likeness (QED) is 0.173. The molecule has 0 unspecified atom stereocenters. The number of nitrogens with one attached hydrogen (secondary N) is 1. The lowest BCUT2D eigenvalue weighted by molar-refractivity contribution is 0.0524. The predicted octanol–water partition coefficient (Wildman–Crippen LogP) is 5.40. The van der Waals surface area contributed by atoms with Gasteiger partial charge in [0.2, 0.25) is 19.7 Å². The maximum atomic E-state index is 12.7. The van der Waals surface area contributed by atoms with Gasteiger partial charge in [0.05, 0.1) is 38.5 Å². The van der Waals surface area contributed by atoms with Crippen LogP contribution in [0, 0.1) is 0 Å². The Morgan fingerprint density at radius 2 is 1.19 bits per heavy atom. The summed E-state index contributed by atoms with van der Waals surface area (Å²) >= 11 is 2.12. The van der Waals surface area contributed by atoms with Gasteiger partial charge in [0.25, 0.3) is 0 Å². The lowest BCUT2D eigenvalue weighted by Crippen LogP contribution is -2.31. The molecule has 13 nitrogen and oxygen atoms in total. The van der Waals surface area contributed by atoms with Gasteiger partial charge in [-0.15, -0.1) is 35.1 Å². The molecule has 0 saturated heterocycles. The Balaban J connectivity index is 0.000000360. The van der Waals surface area contributed by atoms with Crippen molar-refractivity contribution >= 4 is 80.5 Å². The summed E-state index contributed by atoms with van der Waals surface area (Å²) in [4.78, 5) is 13.2. The van der Waals surface area contributed by atoms with E-state index in [0.717, 1.165) is 33.0 Å². The number of hydrogen-bond donors (Lipinski definition) is 2. The molecule has 0 radical (unpaired) electrons. The largest absolute Gasteiger partial charge is 0.444 e. The van der Waals surface area contributed by atoms with E-state index >= 15 is 0 Å². The van der Waals surface area contributed by atoms with Gasteiger partial charge < -0.3 is 20.5 Å². The number of halogens is 1. The van der Waals surface area contributed by atoms with Crippen LogP contribution < -0.4 is 11.1 Å². The molecular weight excluding hydrogens is 816 g/mol. The van der Waals surface area contributed by atoms with Crippen LogP contribution in [0.1, 0.15) is 30.5 Å². The first-order chi connectivity index (χ1) is 23.7. The Kier molecular flexibility index (Phi) is 15.8. The fourth-order valence-corrected chi connectivity index (χ4v) is 11.2. The number of alkyl carbamates (subject to hydrolysis) is 1. The van der Waals surface area contributed by atoms with Crippen LogP contribution in [-0.2, 0) is 61.9 Å². The number of methoxy groups -OCH3 is 1. The first-order valence-corrected chi connectivity index (χ1v) is 22.6. The van der Waals surface area contributed by atoms with E-state index in [1.165, 1.54) is 67.8 Å². The minimum Gasteiger partial charge on any atom is -0.444 e. The number of thiophene rings is 2. The SMILES string of the molecule is C=CS(=O)(=O)c1ccc(S(=O)(=O)c2ccc(CNC(=O)OC(C)(C)C)s2)cc1.COCCS(=O)(=O)c1ccc(S(=O)(=O)c2ccc(CN)s2)cc1.Cl. The van der Waals surface area contributed by atoms with E-state index in [-0.39, 0.29) is 65.9 Å². The molecule has 0 aliphatic carbocycles. The van der Waals surface area contributed by atoms with Crippen LogP contribution >= 0.6 is 35.1 Å². The maximum Gasteiger partial charge on any atom is 0.407 e. The maximum absolute atomic E-state index is 12.7. The summed E-state index contributed by atoms with van der Waals surface area (Å²) < 4.78 is 108. The van der Waals surface area contributed by atoms with Crippen LogP contribution in [0.15, 0.2) is 113 Å². The van der Waals surface area contributed by atoms with Crippen molar-refractivity contribution < 1.29 is 47.9 Å². The first-order valence-electron chi connectivity index (χ1n) is 14.8. The monoisotopic (exact) mass is 854 g/mol. The van der Waals surface area contributed by atoms with Gasteiger partial charge in [-0.25, -0.2) is 38.5 Å². The van der Waals surface area contributed by atoms with Gasteiger partial charge >= 0.3 is 6.09 Å². The van der Waals surface area contributed by atoms with Crippen molar-refractivity contribution in [2.75, 3.05) is 19.5 Å². The van der Waals surface area contributed by atoms with E-state index in [4.69, 9.17) is 15.2 Å². The van der Waals surface area contributed by atoms with E-state index in [2.05, 4.69) is 11.9 Å². The second-order valence-electron chi connectivity index (χ2n) is 11.5. The molecule has 0 saturated carbocycles. The number of carbonyl (C=O) groups is 1. The topological polar surface area (TPSA) is 210 Å². The molecule has 52 heavy (non-hydrogen) atoms. The van der Waals surface area contributed by atoms with E-state index in [1.807, 2.05) is 0 Å². The zero-order valence-corrected chi connectivity index (χ0v) is 34.2. The molecule has 0 atom stereocenters. The van der Waals surface area contributed by atoms with Crippen molar-refractivity contribution in [3.63, 3.8) is 0 Å². The summed E-state index contributed by atoms with van der Waals surface area (Å²) in [5.74, 6) is -0.152. The third-order valence-corrected chi connectivity index (χ3v) is 16.3. The first kappa shape index (κ1) is 45.0. The summed E-state index contributed by atoms with van der Waals surface area (Å²) in [5.41, 5.74) is 4.87. The summed E-state index contributed by atoms with van der Waals surface area (Å²) in [6.07, 6.45) is -0.593. The summed E-state index contributed by atoms with van der Waals surface area (Å²) in [7, 11) is -13.2. The molecule has 0 aliphatic heterocycles. The van der Waals surface area contributed by atoms with Gasteiger partial charge in [0, 0.05) is 28.8 Å². The number of amides is 1. The number of benzene rings is 2. The molecule has 4 aromatic rings. The van der Waals surface area contributed by atoms with Crippen LogP contribution in [0.2, 0.25) is 0 Å². The average Bonchev–Trinajstić information content (AvgIpc) is 3.77. The van der Waals surface area contributed by atoms with Crippen molar-refractivity contribution in [1.29, 1.82) is 0 Å². The second kappa shape index (κ2) is 18.3. The van der Waals surface area contributed by atoms with Crippen LogP contribution in [0.3, 0.4) is 0 Å². The summed E-state index contributed by atoms with van der Waals surface area (Å²) in [6.45, 7) is 8.96. The Labute approximate surface area is 319 Å². The van der Waals surface area contributed by atoms with E-state index in [9.17, 15) is 38.5 Å². The molecule has 2 aromatic carbocycles. The third-order valence-electron chi connectivity index (χ3n) is 6.54. The number of hydrogen-bond acceptors (Lipinski definition) is 14. The highest BCUT2D eigenvalue weighted by molar-refractivity contribution is 7.94. The minimum atomic E-state index is -3.80. The standard InChI is InChI=1S/C18H21NO6S3.C14H17NO5S3.ClH/c1-5-27(21,22)14-7-9-15(10-8-14)28(23,24)16-11-6-13(26-16)12-19-17(20)25-18(2,3)4;1-20-8-9-22(16,17)12-3-5-13(6-4-12)23(18,19)14-7-2-11(10-15)21-14;/h5-11H,1,12H2,2-4H3,(H,19,20);2-7H,8-10,15H2,1H3;1H. The Morgan fingerprint density at radius 1 is 0.750 bits per heavy atom. The average molecular weight is 856 g/mol. The summed E-state index contributed by atoms with van der Waals surface area (Å²) in [5, 5.41) is 3.37. The van der Waals surface area contributed by atoms with Crippen LogP contribution in [0.5, 0.6) is 0 Å². The molecule has 286 valence electrons. The van der Waals surface area contributed by atoms with Gasteiger partial charge in [-0.05, 0) is 93.6 Å². The molecule has 0 spiro atoms. The normalized spacial score (nSPS) is 12.2. The second-order valence-corrected chi connectivity index (χ2v) is 22.2. The number of nitrogens with two attached hydrogens (primary N) is 1. The highest BCUT2D eigenvalue weighted by Gasteiger charge is 2.23. The lowest BCUT2D eigenvalue weighted by Gasteiger charge is -2.19. The lowest BCUT2D eigenvalue weighted by atomic mass is 10.2. The Bertz CT molecular complexity index is 2280. The molecule has 1 amide bonds. The van der Waals surface area contributed by atoms with Crippen molar-refractivity contribution in [2.24, 2.45) is 5.73 Å². The number of rotatable bonds is 13. The van der Waals surface area contributed by atoms with Gasteiger partial charge in [0.15, 0.2) is 19.7 Å².